The lowest BCUT2D eigenvalue weighted by Gasteiger charge is -2.38. The highest BCUT2D eigenvalue weighted by molar-refractivity contribution is 6.30. The molecule has 1 aliphatic rings. The van der Waals surface area contributed by atoms with E-state index in [0.717, 1.165) is 49.7 Å². The van der Waals surface area contributed by atoms with Gasteiger partial charge in [-0.15, -0.1) is 0 Å². The number of aliphatic hydroxyl groups is 1. The van der Waals surface area contributed by atoms with Gasteiger partial charge in [0.05, 0.1) is 25.9 Å². The van der Waals surface area contributed by atoms with Crippen LogP contribution in [0.5, 0.6) is 5.75 Å². The molecule has 0 bridgehead atoms. The zero-order chi connectivity index (χ0) is 18.6. The van der Waals surface area contributed by atoms with Gasteiger partial charge in [-0.1, -0.05) is 35.9 Å². The number of rotatable bonds is 6. The van der Waals surface area contributed by atoms with E-state index in [-0.39, 0.29) is 5.92 Å². The highest BCUT2D eigenvalue weighted by atomic mass is 35.5. The van der Waals surface area contributed by atoms with Gasteiger partial charge < -0.3 is 14.6 Å². The van der Waals surface area contributed by atoms with Crippen LogP contribution in [0.2, 0.25) is 5.02 Å². The number of hydrogen-bond acceptors (Lipinski definition) is 4. The van der Waals surface area contributed by atoms with Gasteiger partial charge in [-0.2, -0.15) is 0 Å². The topological polar surface area (TPSA) is 41.9 Å². The van der Waals surface area contributed by atoms with Gasteiger partial charge in [-0.3, -0.25) is 4.90 Å². The third kappa shape index (κ3) is 4.38. The van der Waals surface area contributed by atoms with E-state index in [4.69, 9.17) is 21.1 Å². The first-order valence-electron chi connectivity index (χ1n) is 8.93. The molecular formula is C21H26ClNO3. The maximum absolute atomic E-state index is 11.5. The normalized spacial score (nSPS) is 18.9. The molecule has 26 heavy (non-hydrogen) atoms. The minimum absolute atomic E-state index is 0.0914. The van der Waals surface area contributed by atoms with Gasteiger partial charge in [0.25, 0.3) is 0 Å². The van der Waals surface area contributed by atoms with Gasteiger partial charge in [-0.05, 0) is 42.3 Å². The van der Waals surface area contributed by atoms with Crippen molar-refractivity contribution in [2.45, 2.75) is 18.4 Å². The number of nitrogens with zero attached hydrogens (tertiary/aromatic N) is 1. The van der Waals surface area contributed by atoms with Crippen LogP contribution in [0.3, 0.4) is 0 Å². The molecule has 0 unspecified atom stereocenters. The molecule has 1 heterocycles. The van der Waals surface area contributed by atoms with E-state index >= 15 is 0 Å². The summed E-state index contributed by atoms with van der Waals surface area (Å²) in [4.78, 5) is 2.35. The summed E-state index contributed by atoms with van der Waals surface area (Å²) in [5, 5.41) is 12.2. The van der Waals surface area contributed by atoms with Crippen LogP contribution in [-0.4, -0.2) is 50.0 Å². The summed E-state index contributed by atoms with van der Waals surface area (Å²) in [6.07, 6.45) is 0. The fourth-order valence-electron chi connectivity index (χ4n) is 3.47. The number of benzene rings is 2. The number of hydrogen-bond donors (Lipinski definition) is 1. The van der Waals surface area contributed by atoms with E-state index in [9.17, 15) is 5.11 Å². The summed E-state index contributed by atoms with van der Waals surface area (Å²) >= 11 is 6.07. The zero-order valence-electron chi connectivity index (χ0n) is 15.3. The van der Waals surface area contributed by atoms with Gasteiger partial charge in [-0.25, -0.2) is 0 Å². The molecule has 0 saturated carbocycles. The van der Waals surface area contributed by atoms with Crippen molar-refractivity contribution in [3.63, 3.8) is 0 Å². The molecule has 2 aromatic rings. The lowest BCUT2D eigenvalue weighted by molar-refractivity contribution is -0.0107. The second-order valence-electron chi connectivity index (χ2n) is 6.89. The molecule has 5 heteroatoms. The Morgan fingerprint density at radius 2 is 1.73 bits per heavy atom. The standard InChI is InChI=1S/C21H26ClNO3/c1-21(24,17-5-9-19(25-2)10-6-17)20(15-23-11-13-26-14-12-23)16-3-7-18(22)8-4-16/h3-10,20,24H,11-15H2,1-2H3/t20-,21+/m1/s1. The van der Waals surface area contributed by atoms with Crippen molar-refractivity contribution < 1.29 is 14.6 Å². The van der Waals surface area contributed by atoms with E-state index in [1.165, 1.54) is 0 Å². The molecule has 0 radical (unpaired) electrons. The fraction of sp³-hybridized carbons (Fsp3) is 0.429. The Morgan fingerprint density at radius 3 is 2.31 bits per heavy atom. The van der Waals surface area contributed by atoms with Crippen LogP contribution in [-0.2, 0) is 10.3 Å². The van der Waals surface area contributed by atoms with Crippen LogP contribution in [0.25, 0.3) is 0 Å². The fourth-order valence-corrected chi connectivity index (χ4v) is 3.60. The molecule has 4 nitrogen and oxygen atoms in total. The molecule has 140 valence electrons. The average molecular weight is 376 g/mol. The number of morpholine rings is 1. The second kappa shape index (κ2) is 8.40. The van der Waals surface area contributed by atoms with Crippen LogP contribution < -0.4 is 4.74 Å². The molecule has 2 aromatic carbocycles. The molecule has 1 fully saturated rings. The third-order valence-corrected chi connectivity index (χ3v) is 5.42. The molecule has 1 N–H and O–H groups in total. The highest BCUT2D eigenvalue weighted by Crippen LogP contribution is 2.38. The van der Waals surface area contributed by atoms with Gasteiger partial charge in [0.1, 0.15) is 5.75 Å². The van der Waals surface area contributed by atoms with E-state index in [0.29, 0.717) is 5.02 Å². The zero-order valence-corrected chi connectivity index (χ0v) is 16.1. The largest absolute Gasteiger partial charge is 0.497 e. The predicted molar refractivity (Wildman–Crippen MR) is 104 cm³/mol. The van der Waals surface area contributed by atoms with E-state index in [1.807, 2.05) is 55.5 Å². The predicted octanol–water partition coefficient (Wildman–Crippen LogP) is 3.67. The first-order valence-corrected chi connectivity index (χ1v) is 9.31. The van der Waals surface area contributed by atoms with Gasteiger partial charge in [0, 0.05) is 30.6 Å². The Bertz CT molecular complexity index is 694. The van der Waals surface area contributed by atoms with Gasteiger partial charge >= 0.3 is 0 Å². The summed E-state index contributed by atoms with van der Waals surface area (Å²) < 4.78 is 10.7. The lowest BCUT2D eigenvalue weighted by Crippen LogP contribution is -2.43. The smallest absolute Gasteiger partial charge is 0.118 e. The Hall–Kier alpha value is -1.59. The molecule has 1 aliphatic heterocycles. The van der Waals surface area contributed by atoms with Crippen LogP contribution in [0.4, 0.5) is 0 Å². The van der Waals surface area contributed by atoms with Crippen molar-refractivity contribution in [1.82, 2.24) is 4.90 Å². The van der Waals surface area contributed by atoms with Crippen molar-refractivity contribution in [2.24, 2.45) is 0 Å². The summed E-state index contributed by atoms with van der Waals surface area (Å²) in [5.74, 6) is 0.687. The summed E-state index contributed by atoms with van der Waals surface area (Å²) in [6.45, 7) is 5.86. The molecule has 1 saturated heterocycles. The molecule has 2 atom stereocenters. The van der Waals surface area contributed by atoms with Crippen molar-refractivity contribution in [2.75, 3.05) is 40.0 Å². The Morgan fingerprint density at radius 1 is 1.12 bits per heavy atom. The Balaban J connectivity index is 1.92. The maximum atomic E-state index is 11.5. The van der Waals surface area contributed by atoms with Crippen molar-refractivity contribution in [3.05, 3.63) is 64.7 Å². The average Bonchev–Trinajstić information content (AvgIpc) is 2.68. The molecule has 0 spiro atoms. The van der Waals surface area contributed by atoms with E-state index < -0.39 is 5.60 Å². The van der Waals surface area contributed by atoms with Crippen LogP contribution >= 0.6 is 11.6 Å². The van der Waals surface area contributed by atoms with Gasteiger partial charge in [0.15, 0.2) is 0 Å². The monoisotopic (exact) mass is 375 g/mol. The quantitative estimate of drug-likeness (QED) is 0.836. The maximum Gasteiger partial charge on any atom is 0.118 e. The molecule has 0 amide bonds. The number of methoxy groups -OCH3 is 1. The second-order valence-corrected chi connectivity index (χ2v) is 7.33. The van der Waals surface area contributed by atoms with Crippen molar-refractivity contribution in [3.8, 4) is 5.75 Å². The summed E-state index contributed by atoms with van der Waals surface area (Å²) in [6, 6.07) is 15.4. The Labute approximate surface area is 160 Å². The number of halogens is 1. The van der Waals surface area contributed by atoms with Gasteiger partial charge in [0.2, 0.25) is 0 Å². The third-order valence-electron chi connectivity index (χ3n) is 5.17. The van der Waals surface area contributed by atoms with Crippen molar-refractivity contribution in [1.29, 1.82) is 0 Å². The van der Waals surface area contributed by atoms with Crippen LogP contribution in [0.1, 0.15) is 24.0 Å². The van der Waals surface area contributed by atoms with Crippen molar-refractivity contribution >= 4 is 11.6 Å². The minimum Gasteiger partial charge on any atom is -0.497 e. The SMILES string of the molecule is COc1ccc([C@](C)(O)[C@H](CN2CCOCC2)c2ccc(Cl)cc2)cc1. The van der Waals surface area contributed by atoms with Crippen LogP contribution in [0, 0.1) is 0 Å². The Kier molecular flexibility index (Phi) is 6.20. The number of ether oxygens (including phenoxy) is 2. The van der Waals surface area contributed by atoms with E-state index in [2.05, 4.69) is 4.90 Å². The van der Waals surface area contributed by atoms with Crippen LogP contribution in [0.15, 0.2) is 48.5 Å². The highest BCUT2D eigenvalue weighted by Gasteiger charge is 2.36. The minimum atomic E-state index is -1.03. The summed E-state index contributed by atoms with van der Waals surface area (Å²) in [5.41, 5.74) is 0.909. The first-order chi connectivity index (χ1) is 12.5. The molecule has 3 rings (SSSR count). The van der Waals surface area contributed by atoms with E-state index in [1.54, 1.807) is 7.11 Å². The first kappa shape index (κ1) is 19.2. The summed E-state index contributed by atoms with van der Waals surface area (Å²) in [7, 11) is 1.64. The lowest BCUT2D eigenvalue weighted by atomic mass is 9.78. The molecular weight excluding hydrogens is 350 g/mol. The molecule has 0 aromatic heterocycles. The molecule has 0 aliphatic carbocycles.